The van der Waals surface area contributed by atoms with E-state index in [2.05, 4.69) is 10.1 Å². The highest BCUT2D eigenvalue weighted by Gasteiger charge is 2.28. The molecule has 0 aliphatic heterocycles. The predicted octanol–water partition coefficient (Wildman–Crippen LogP) is 1.13. The first-order valence-electron chi connectivity index (χ1n) is 4.29. The van der Waals surface area contributed by atoms with Crippen molar-refractivity contribution in [3.63, 3.8) is 0 Å². The predicted molar refractivity (Wildman–Crippen MR) is 45.7 cm³/mol. The van der Waals surface area contributed by atoms with Crippen LogP contribution in [0.5, 0.6) is 0 Å². The molecule has 0 aromatic heterocycles. The van der Waals surface area contributed by atoms with Crippen LogP contribution >= 0.6 is 0 Å². The third-order valence-corrected chi connectivity index (χ3v) is 1.58. The van der Waals surface area contributed by atoms with Crippen molar-refractivity contribution in [2.24, 2.45) is 5.41 Å². The van der Waals surface area contributed by atoms with Gasteiger partial charge in [-0.05, 0) is 0 Å². The largest absolute Gasteiger partial charge is 0.522 e. The molecule has 0 fully saturated rings. The van der Waals surface area contributed by atoms with Crippen LogP contribution in [0.1, 0.15) is 13.8 Å². The van der Waals surface area contributed by atoms with Gasteiger partial charge in [-0.1, -0.05) is 13.8 Å². The van der Waals surface area contributed by atoms with E-state index in [1.807, 2.05) is 13.8 Å². The molecule has 3 nitrogen and oxygen atoms in total. The summed E-state index contributed by atoms with van der Waals surface area (Å²) in [5.74, 6) is 0. The van der Waals surface area contributed by atoms with Crippen molar-refractivity contribution in [2.75, 3.05) is 26.3 Å². The van der Waals surface area contributed by atoms with E-state index in [1.165, 1.54) is 0 Å². The van der Waals surface area contributed by atoms with Crippen LogP contribution in [0, 0.1) is 5.41 Å². The van der Waals surface area contributed by atoms with Crippen molar-refractivity contribution < 1.29 is 23.0 Å². The molecule has 2 N–H and O–H groups in total. The Morgan fingerprint density at radius 2 is 1.86 bits per heavy atom. The minimum Gasteiger partial charge on any atom is -0.396 e. The molecule has 0 aliphatic rings. The lowest BCUT2D eigenvalue weighted by atomic mass is 9.95. The van der Waals surface area contributed by atoms with Crippen LogP contribution in [0.3, 0.4) is 0 Å². The van der Waals surface area contributed by atoms with E-state index < -0.39 is 13.0 Å². The van der Waals surface area contributed by atoms with Gasteiger partial charge in [0.25, 0.3) is 0 Å². The number of hydrogen-bond donors (Lipinski definition) is 2. The van der Waals surface area contributed by atoms with Crippen LogP contribution in [-0.2, 0) is 4.74 Å². The maximum absolute atomic E-state index is 11.5. The monoisotopic (exact) mass is 215 g/mol. The fourth-order valence-corrected chi connectivity index (χ4v) is 0.722. The zero-order valence-electron chi connectivity index (χ0n) is 8.32. The first kappa shape index (κ1) is 13.7. The normalized spacial score (nSPS) is 13.3. The molecule has 6 heteroatoms. The van der Waals surface area contributed by atoms with Crippen LogP contribution in [0.2, 0.25) is 0 Å². The lowest BCUT2D eigenvalue weighted by Gasteiger charge is -2.21. The highest BCUT2D eigenvalue weighted by Crippen LogP contribution is 2.15. The van der Waals surface area contributed by atoms with E-state index in [-0.39, 0.29) is 18.6 Å². The summed E-state index contributed by atoms with van der Waals surface area (Å²) in [5, 5.41) is 11.6. The Hall–Kier alpha value is -0.330. The van der Waals surface area contributed by atoms with Gasteiger partial charge in [0.15, 0.2) is 0 Å². The molecule has 0 heterocycles. The Morgan fingerprint density at radius 3 is 2.29 bits per heavy atom. The van der Waals surface area contributed by atoms with E-state index in [9.17, 15) is 13.2 Å². The second kappa shape index (κ2) is 5.53. The zero-order chi connectivity index (χ0) is 11.2. The summed E-state index contributed by atoms with van der Waals surface area (Å²) in [6, 6.07) is 0. The fraction of sp³-hybridized carbons (Fsp3) is 1.00. The first-order valence-corrected chi connectivity index (χ1v) is 4.29. The summed E-state index contributed by atoms with van der Waals surface area (Å²) in [7, 11) is 0. The number of aliphatic hydroxyl groups is 1. The molecular weight excluding hydrogens is 199 g/mol. The number of halogens is 3. The van der Waals surface area contributed by atoms with Gasteiger partial charge in [-0.25, -0.2) is 0 Å². The Balaban J connectivity index is 3.39. The number of nitrogens with one attached hydrogen (secondary N) is 1. The van der Waals surface area contributed by atoms with Gasteiger partial charge in [-0.2, -0.15) is 0 Å². The van der Waals surface area contributed by atoms with Crippen LogP contribution in [0.4, 0.5) is 13.2 Å². The van der Waals surface area contributed by atoms with Gasteiger partial charge in [0.05, 0.1) is 6.61 Å². The van der Waals surface area contributed by atoms with E-state index in [1.54, 1.807) is 0 Å². The number of alkyl halides is 3. The Bertz CT molecular complexity index is 159. The summed E-state index contributed by atoms with van der Waals surface area (Å²) >= 11 is 0. The summed E-state index contributed by atoms with van der Waals surface area (Å²) in [6.45, 7) is 3.76. The minimum absolute atomic E-state index is 0.0138. The third-order valence-electron chi connectivity index (χ3n) is 1.58. The SMILES string of the molecule is CC(C)(CO)CNCCOC(F)(F)F. The quantitative estimate of drug-likeness (QED) is 0.653. The number of ether oxygens (including phenoxy) is 1. The summed E-state index contributed by atoms with van der Waals surface area (Å²) in [4.78, 5) is 0. The minimum atomic E-state index is -4.56. The van der Waals surface area contributed by atoms with Crippen molar-refractivity contribution in [3.8, 4) is 0 Å². The van der Waals surface area contributed by atoms with Crippen molar-refractivity contribution in [3.05, 3.63) is 0 Å². The Morgan fingerprint density at radius 1 is 1.29 bits per heavy atom. The molecule has 14 heavy (non-hydrogen) atoms. The molecule has 0 radical (unpaired) electrons. The molecule has 0 saturated heterocycles. The van der Waals surface area contributed by atoms with Gasteiger partial charge in [-0.15, -0.1) is 13.2 Å². The molecule has 0 spiro atoms. The molecule has 0 aromatic carbocycles. The van der Waals surface area contributed by atoms with Crippen LogP contribution in [-0.4, -0.2) is 37.8 Å². The van der Waals surface area contributed by atoms with E-state index in [0.717, 1.165) is 0 Å². The fourth-order valence-electron chi connectivity index (χ4n) is 0.722. The summed E-state index contributed by atoms with van der Waals surface area (Å²) < 4.78 is 38.0. The zero-order valence-corrected chi connectivity index (χ0v) is 8.32. The number of aliphatic hydroxyl groups excluding tert-OH is 1. The average molecular weight is 215 g/mol. The Labute approximate surface area is 81.2 Å². The smallest absolute Gasteiger partial charge is 0.396 e. The lowest BCUT2D eigenvalue weighted by molar-refractivity contribution is -0.323. The molecular formula is C8H16F3NO2. The van der Waals surface area contributed by atoms with Crippen molar-refractivity contribution in [1.82, 2.24) is 5.32 Å². The highest BCUT2D eigenvalue weighted by molar-refractivity contribution is 4.69. The van der Waals surface area contributed by atoms with Gasteiger partial charge in [-0.3, -0.25) is 4.74 Å². The van der Waals surface area contributed by atoms with Crippen LogP contribution in [0.15, 0.2) is 0 Å². The second-order valence-electron chi connectivity index (χ2n) is 3.79. The molecule has 0 aliphatic carbocycles. The molecule has 86 valence electrons. The van der Waals surface area contributed by atoms with Crippen LogP contribution in [0.25, 0.3) is 0 Å². The molecule has 0 aromatic rings. The molecule has 0 unspecified atom stereocenters. The van der Waals surface area contributed by atoms with E-state index in [4.69, 9.17) is 5.11 Å². The molecule has 0 saturated carbocycles. The maximum Gasteiger partial charge on any atom is 0.522 e. The second-order valence-corrected chi connectivity index (χ2v) is 3.79. The van der Waals surface area contributed by atoms with Crippen molar-refractivity contribution in [1.29, 1.82) is 0 Å². The molecule has 0 amide bonds. The molecule has 0 atom stereocenters. The molecule has 0 bridgehead atoms. The average Bonchev–Trinajstić information content (AvgIpc) is 2.01. The standard InChI is InChI=1S/C8H16F3NO2/c1-7(2,6-13)5-12-3-4-14-8(9,10)11/h12-13H,3-6H2,1-2H3. The maximum atomic E-state index is 11.5. The number of rotatable bonds is 6. The van der Waals surface area contributed by atoms with Gasteiger partial charge < -0.3 is 10.4 Å². The van der Waals surface area contributed by atoms with Gasteiger partial charge in [0.2, 0.25) is 0 Å². The third kappa shape index (κ3) is 8.28. The van der Waals surface area contributed by atoms with Gasteiger partial charge >= 0.3 is 6.36 Å². The van der Waals surface area contributed by atoms with Gasteiger partial charge in [0, 0.05) is 25.1 Å². The van der Waals surface area contributed by atoms with Crippen molar-refractivity contribution >= 4 is 0 Å². The van der Waals surface area contributed by atoms with Crippen molar-refractivity contribution in [2.45, 2.75) is 20.2 Å². The highest BCUT2D eigenvalue weighted by atomic mass is 19.4. The lowest BCUT2D eigenvalue weighted by Crippen LogP contribution is -2.34. The Kier molecular flexibility index (Phi) is 5.40. The topological polar surface area (TPSA) is 41.5 Å². The van der Waals surface area contributed by atoms with Crippen LogP contribution < -0.4 is 5.32 Å². The van der Waals surface area contributed by atoms with Gasteiger partial charge in [0.1, 0.15) is 0 Å². The summed E-state index contributed by atoms with van der Waals surface area (Å²) in [6.07, 6.45) is -4.56. The summed E-state index contributed by atoms with van der Waals surface area (Å²) in [5.41, 5.74) is -0.321. The first-order chi connectivity index (χ1) is 6.27. The van der Waals surface area contributed by atoms with E-state index in [0.29, 0.717) is 6.54 Å². The molecule has 0 rings (SSSR count). The number of hydrogen-bond acceptors (Lipinski definition) is 3. The van der Waals surface area contributed by atoms with E-state index >= 15 is 0 Å².